The predicted molar refractivity (Wildman–Crippen MR) is 77.9 cm³/mol. The quantitative estimate of drug-likeness (QED) is 0.437. The molecule has 1 saturated heterocycles. The van der Waals surface area contributed by atoms with E-state index in [1.165, 1.54) is 50.4 Å². The molecule has 0 saturated carbocycles. The zero-order valence-corrected chi connectivity index (χ0v) is 12.1. The van der Waals surface area contributed by atoms with E-state index in [2.05, 4.69) is 30.5 Å². The van der Waals surface area contributed by atoms with E-state index in [1.54, 1.807) is 0 Å². The van der Waals surface area contributed by atoms with Gasteiger partial charge in [0.1, 0.15) is 0 Å². The first-order valence-electron chi connectivity index (χ1n) is 6.67. The van der Waals surface area contributed by atoms with Crippen molar-refractivity contribution in [3.8, 4) is 0 Å². The third-order valence-corrected chi connectivity index (χ3v) is 4.62. The molecule has 0 spiro atoms. The summed E-state index contributed by atoms with van der Waals surface area (Å²) in [5.41, 5.74) is 5.47. The molecule has 1 rings (SSSR count). The Hall–Kier alpha value is -0.220. The lowest BCUT2D eigenvalue weighted by molar-refractivity contribution is 0.282. The Morgan fingerprint density at radius 1 is 1.29 bits per heavy atom. The minimum Gasteiger partial charge on any atom is -0.387 e. The Labute approximate surface area is 110 Å². The van der Waals surface area contributed by atoms with E-state index in [-0.39, 0.29) is 5.41 Å². The van der Waals surface area contributed by atoms with Gasteiger partial charge < -0.3 is 10.6 Å². The molecular formula is C13H27N3S. The lowest BCUT2D eigenvalue weighted by atomic mass is 9.86. The molecule has 0 amide bonds. The molecule has 100 valence electrons. The van der Waals surface area contributed by atoms with E-state index in [4.69, 9.17) is 11.1 Å². The van der Waals surface area contributed by atoms with E-state index >= 15 is 0 Å². The molecular weight excluding hydrogens is 230 g/mol. The summed E-state index contributed by atoms with van der Waals surface area (Å²) in [5, 5.41) is 7.52. The SMILES string of the molecule is CC(C)(CCCCN1CCCSCC1)C(=N)N. The van der Waals surface area contributed by atoms with Crippen LogP contribution in [0.1, 0.15) is 39.5 Å². The molecule has 0 unspecified atom stereocenters. The molecule has 1 aliphatic rings. The zero-order valence-electron chi connectivity index (χ0n) is 11.3. The van der Waals surface area contributed by atoms with Gasteiger partial charge in [-0.15, -0.1) is 0 Å². The van der Waals surface area contributed by atoms with Crippen LogP contribution < -0.4 is 5.73 Å². The molecule has 0 aromatic rings. The molecule has 0 aliphatic carbocycles. The molecule has 1 aliphatic heterocycles. The van der Waals surface area contributed by atoms with Crippen molar-refractivity contribution >= 4 is 17.6 Å². The second-order valence-corrected chi connectivity index (χ2v) is 6.79. The molecule has 0 radical (unpaired) electrons. The van der Waals surface area contributed by atoms with Crippen LogP contribution in [0.25, 0.3) is 0 Å². The summed E-state index contributed by atoms with van der Waals surface area (Å²) in [6.07, 6.45) is 4.78. The van der Waals surface area contributed by atoms with Crippen LogP contribution >= 0.6 is 11.8 Å². The summed E-state index contributed by atoms with van der Waals surface area (Å²) < 4.78 is 0. The third-order valence-electron chi connectivity index (χ3n) is 3.57. The lowest BCUT2D eigenvalue weighted by Gasteiger charge is -2.24. The van der Waals surface area contributed by atoms with E-state index in [0.717, 1.165) is 6.42 Å². The number of hydrogen-bond donors (Lipinski definition) is 2. The topological polar surface area (TPSA) is 53.1 Å². The van der Waals surface area contributed by atoms with Crippen LogP contribution in [-0.4, -0.2) is 41.9 Å². The third kappa shape index (κ3) is 5.77. The van der Waals surface area contributed by atoms with E-state index < -0.39 is 0 Å². The molecule has 3 N–H and O–H groups in total. The van der Waals surface area contributed by atoms with Crippen LogP contribution in [-0.2, 0) is 0 Å². The molecule has 17 heavy (non-hydrogen) atoms. The standard InChI is InChI=1S/C13H27N3S/c1-13(2,12(14)15)6-3-4-7-16-8-5-10-17-11-9-16/h3-11H2,1-2H3,(H3,14,15). The van der Waals surface area contributed by atoms with Gasteiger partial charge in [-0.3, -0.25) is 5.41 Å². The Morgan fingerprint density at radius 3 is 2.76 bits per heavy atom. The fraction of sp³-hybridized carbons (Fsp3) is 0.923. The van der Waals surface area contributed by atoms with Crippen LogP contribution in [0.2, 0.25) is 0 Å². The smallest absolute Gasteiger partial charge is 0.0963 e. The van der Waals surface area contributed by atoms with E-state index in [0.29, 0.717) is 5.84 Å². The van der Waals surface area contributed by atoms with Gasteiger partial charge in [-0.2, -0.15) is 11.8 Å². The van der Waals surface area contributed by atoms with Crippen LogP contribution in [0.15, 0.2) is 0 Å². The van der Waals surface area contributed by atoms with Crippen molar-refractivity contribution < 1.29 is 0 Å². The van der Waals surface area contributed by atoms with Gasteiger partial charge in [0.05, 0.1) is 5.84 Å². The predicted octanol–water partition coefficient (Wildman–Crippen LogP) is 2.56. The number of nitrogens with zero attached hydrogens (tertiary/aromatic N) is 1. The van der Waals surface area contributed by atoms with Gasteiger partial charge in [0.15, 0.2) is 0 Å². The summed E-state index contributed by atoms with van der Waals surface area (Å²) in [7, 11) is 0. The van der Waals surface area contributed by atoms with Crippen molar-refractivity contribution in [3.63, 3.8) is 0 Å². The largest absolute Gasteiger partial charge is 0.387 e. The molecule has 4 heteroatoms. The summed E-state index contributed by atoms with van der Waals surface area (Å²) >= 11 is 2.08. The normalized spacial score (nSPS) is 18.9. The maximum atomic E-state index is 7.52. The van der Waals surface area contributed by atoms with Crippen LogP contribution in [0.3, 0.4) is 0 Å². The number of nitrogens with one attached hydrogen (secondary N) is 1. The Kier molecular flexibility index (Phi) is 6.34. The average molecular weight is 257 g/mol. The maximum absolute atomic E-state index is 7.52. The highest BCUT2D eigenvalue weighted by Gasteiger charge is 2.20. The number of rotatable bonds is 6. The van der Waals surface area contributed by atoms with Crippen molar-refractivity contribution in [2.45, 2.75) is 39.5 Å². The van der Waals surface area contributed by atoms with Crippen LogP contribution in [0.5, 0.6) is 0 Å². The molecule has 1 heterocycles. The number of nitrogens with two attached hydrogens (primary N) is 1. The van der Waals surface area contributed by atoms with Gasteiger partial charge in [0.2, 0.25) is 0 Å². The number of thioether (sulfide) groups is 1. The fourth-order valence-corrected chi connectivity index (χ4v) is 2.98. The first-order chi connectivity index (χ1) is 8.02. The first kappa shape index (κ1) is 14.8. The molecule has 3 nitrogen and oxygen atoms in total. The van der Waals surface area contributed by atoms with Gasteiger partial charge in [0, 0.05) is 17.7 Å². The first-order valence-corrected chi connectivity index (χ1v) is 7.82. The minimum absolute atomic E-state index is 0.116. The maximum Gasteiger partial charge on any atom is 0.0963 e. The summed E-state index contributed by atoms with van der Waals surface area (Å²) in [4.78, 5) is 2.58. The van der Waals surface area contributed by atoms with Gasteiger partial charge >= 0.3 is 0 Å². The second-order valence-electron chi connectivity index (χ2n) is 5.56. The molecule has 0 aromatic heterocycles. The van der Waals surface area contributed by atoms with Gasteiger partial charge in [0.25, 0.3) is 0 Å². The minimum atomic E-state index is -0.116. The summed E-state index contributed by atoms with van der Waals surface area (Å²) in [6.45, 7) is 7.87. The lowest BCUT2D eigenvalue weighted by Crippen LogP contribution is -2.31. The second kappa shape index (κ2) is 7.27. The molecule has 0 atom stereocenters. The molecule has 0 bridgehead atoms. The number of hydrogen-bond acceptors (Lipinski definition) is 3. The van der Waals surface area contributed by atoms with Gasteiger partial charge in [-0.1, -0.05) is 20.3 Å². The molecule has 0 aromatic carbocycles. The van der Waals surface area contributed by atoms with Crippen molar-refractivity contribution in [1.29, 1.82) is 5.41 Å². The van der Waals surface area contributed by atoms with Crippen molar-refractivity contribution in [2.24, 2.45) is 11.1 Å². The number of unbranched alkanes of at least 4 members (excludes halogenated alkanes) is 1. The Morgan fingerprint density at radius 2 is 2.06 bits per heavy atom. The average Bonchev–Trinajstić information content (AvgIpc) is 2.52. The Balaban J connectivity index is 2.12. The highest BCUT2D eigenvalue weighted by Crippen LogP contribution is 2.22. The van der Waals surface area contributed by atoms with Crippen molar-refractivity contribution in [3.05, 3.63) is 0 Å². The fourth-order valence-electron chi connectivity index (χ4n) is 2.06. The van der Waals surface area contributed by atoms with Crippen LogP contribution in [0.4, 0.5) is 0 Å². The Bertz CT molecular complexity index is 233. The van der Waals surface area contributed by atoms with Gasteiger partial charge in [-0.05, 0) is 38.1 Å². The summed E-state index contributed by atoms with van der Waals surface area (Å²) in [6, 6.07) is 0. The highest BCUT2D eigenvalue weighted by molar-refractivity contribution is 7.99. The van der Waals surface area contributed by atoms with E-state index in [9.17, 15) is 0 Å². The zero-order chi connectivity index (χ0) is 12.7. The van der Waals surface area contributed by atoms with E-state index in [1.807, 2.05) is 0 Å². The van der Waals surface area contributed by atoms with Crippen molar-refractivity contribution in [1.82, 2.24) is 4.90 Å². The number of amidine groups is 1. The monoisotopic (exact) mass is 257 g/mol. The van der Waals surface area contributed by atoms with Crippen LogP contribution in [0, 0.1) is 10.8 Å². The summed E-state index contributed by atoms with van der Waals surface area (Å²) in [5.74, 6) is 2.94. The highest BCUT2D eigenvalue weighted by atomic mass is 32.2. The van der Waals surface area contributed by atoms with Gasteiger partial charge in [-0.25, -0.2) is 0 Å². The molecule has 1 fully saturated rings. The van der Waals surface area contributed by atoms with Crippen molar-refractivity contribution in [2.75, 3.05) is 31.1 Å².